The average Bonchev–Trinajstić information content (AvgIpc) is 3.04. The maximum atomic E-state index is 10.2. The van der Waals surface area contributed by atoms with E-state index in [1.807, 2.05) is 6.92 Å². The lowest BCUT2D eigenvalue weighted by Gasteiger charge is -2.42. The molecule has 1 aromatic rings. The molecular weight excluding hydrogens is 310 g/mol. The molecule has 0 bridgehead atoms. The summed E-state index contributed by atoms with van der Waals surface area (Å²) < 4.78 is 5.33. The first kappa shape index (κ1) is 17.3. The number of hydrogen-bond acceptors (Lipinski definition) is 6. The second-order valence-corrected chi connectivity index (χ2v) is 7.68. The van der Waals surface area contributed by atoms with Crippen molar-refractivity contribution in [3.8, 4) is 0 Å². The maximum Gasteiger partial charge on any atom is 0.122 e. The highest BCUT2D eigenvalue weighted by Gasteiger charge is 2.30. The number of ether oxygens (including phenoxy) is 1. The fraction of sp³-hybridized carbons (Fsp3) is 0.824. The lowest BCUT2D eigenvalue weighted by atomic mass is 9.91. The Bertz CT molecular complexity index is 488. The van der Waals surface area contributed by atoms with E-state index in [1.165, 1.54) is 12.8 Å². The fourth-order valence-electron chi connectivity index (χ4n) is 3.68. The molecule has 2 heterocycles. The Kier molecular flexibility index (Phi) is 6.04. The summed E-state index contributed by atoms with van der Waals surface area (Å²) in [5, 5.41) is 13.4. The smallest absolute Gasteiger partial charge is 0.122 e. The molecule has 3 unspecified atom stereocenters. The molecule has 23 heavy (non-hydrogen) atoms. The third-order valence-corrected chi connectivity index (χ3v) is 6.28. The Morgan fingerprint density at radius 3 is 2.74 bits per heavy atom. The summed E-state index contributed by atoms with van der Waals surface area (Å²) in [6.45, 7) is 7.22. The average molecular weight is 340 g/mol. The Morgan fingerprint density at radius 1 is 1.30 bits per heavy atom. The van der Waals surface area contributed by atoms with Crippen molar-refractivity contribution in [2.24, 2.45) is 0 Å². The first-order chi connectivity index (χ1) is 11.2. The SMILES string of the molecule is COC(C)c1nc(CN2CCN(C3CCCCC3O)CC2)cs1. The van der Waals surface area contributed by atoms with Gasteiger partial charge in [0.2, 0.25) is 0 Å². The van der Waals surface area contributed by atoms with Gasteiger partial charge in [0.1, 0.15) is 11.1 Å². The van der Waals surface area contributed by atoms with Crippen molar-refractivity contribution in [2.45, 2.75) is 57.4 Å². The molecule has 3 atom stereocenters. The summed E-state index contributed by atoms with van der Waals surface area (Å²) in [5.41, 5.74) is 1.15. The molecule has 0 aromatic carbocycles. The van der Waals surface area contributed by atoms with Gasteiger partial charge in [-0.05, 0) is 19.8 Å². The van der Waals surface area contributed by atoms with Crippen LogP contribution in [0.4, 0.5) is 0 Å². The molecule has 0 radical (unpaired) electrons. The van der Waals surface area contributed by atoms with Crippen LogP contribution in [0.25, 0.3) is 0 Å². The van der Waals surface area contributed by atoms with Crippen molar-refractivity contribution in [3.63, 3.8) is 0 Å². The summed E-state index contributed by atoms with van der Waals surface area (Å²) in [6.07, 6.45) is 4.55. The third kappa shape index (κ3) is 4.31. The summed E-state index contributed by atoms with van der Waals surface area (Å²) in [5.74, 6) is 0. The van der Waals surface area contributed by atoms with Crippen LogP contribution < -0.4 is 0 Å². The van der Waals surface area contributed by atoms with E-state index in [9.17, 15) is 5.11 Å². The predicted octanol–water partition coefficient (Wildman–Crippen LogP) is 2.27. The largest absolute Gasteiger partial charge is 0.391 e. The van der Waals surface area contributed by atoms with Crippen LogP contribution in [-0.4, -0.2) is 65.3 Å². The standard InChI is InChI=1S/C17H29N3O2S/c1-13(22-2)17-18-14(12-23-17)11-19-7-9-20(10-8-19)15-5-3-4-6-16(15)21/h12-13,15-16,21H,3-11H2,1-2H3. The number of piperazine rings is 1. The van der Waals surface area contributed by atoms with Gasteiger partial charge in [0, 0.05) is 51.3 Å². The van der Waals surface area contributed by atoms with Gasteiger partial charge in [-0.3, -0.25) is 9.80 Å². The number of aliphatic hydroxyl groups excluding tert-OH is 1. The third-order valence-electron chi connectivity index (χ3n) is 5.23. The van der Waals surface area contributed by atoms with E-state index in [-0.39, 0.29) is 12.2 Å². The van der Waals surface area contributed by atoms with Gasteiger partial charge >= 0.3 is 0 Å². The van der Waals surface area contributed by atoms with Crippen molar-refractivity contribution < 1.29 is 9.84 Å². The van der Waals surface area contributed by atoms with Crippen LogP contribution in [0.3, 0.4) is 0 Å². The molecule has 1 N–H and O–H groups in total. The highest BCUT2D eigenvalue weighted by atomic mass is 32.1. The molecule has 2 aliphatic rings. The van der Waals surface area contributed by atoms with Gasteiger partial charge in [0.25, 0.3) is 0 Å². The van der Waals surface area contributed by atoms with Crippen molar-refractivity contribution in [1.82, 2.24) is 14.8 Å². The number of rotatable bonds is 5. The van der Waals surface area contributed by atoms with Gasteiger partial charge in [-0.2, -0.15) is 0 Å². The molecule has 1 saturated heterocycles. The molecule has 1 aromatic heterocycles. The van der Waals surface area contributed by atoms with E-state index in [0.29, 0.717) is 6.04 Å². The second-order valence-electron chi connectivity index (χ2n) is 6.79. The monoisotopic (exact) mass is 339 g/mol. The summed E-state index contributed by atoms with van der Waals surface area (Å²) in [7, 11) is 1.73. The normalized spacial score (nSPS) is 28.8. The van der Waals surface area contributed by atoms with E-state index >= 15 is 0 Å². The van der Waals surface area contributed by atoms with Gasteiger partial charge in [-0.1, -0.05) is 12.8 Å². The summed E-state index contributed by atoms with van der Waals surface area (Å²) >= 11 is 1.69. The zero-order valence-corrected chi connectivity index (χ0v) is 15.1. The zero-order chi connectivity index (χ0) is 16.2. The van der Waals surface area contributed by atoms with Crippen LogP contribution in [0.15, 0.2) is 5.38 Å². The molecule has 0 amide bonds. The molecular formula is C17H29N3O2S. The van der Waals surface area contributed by atoms with Crippen LogP contribution in [0.5, 0.6) is 0 Å². The fourth-order valence-corrected chi connectivity index (χ4v) is 4.52. The van der Waals surface area contributed by atoms with Crippen LogP contribution in [0.1, 0.15) is 49.4 Å². The number of methoxy groups -OCH3 is 1. The quantitative estimate of drug-likeness (QED) is 0.892. The van der Waals surface area contributed by atoms with Crippen LogP contribution in [-0.2, 0) is 11.3 Å². The van der Waals surface area contributed by atoms with E-state index in [1.54, 1.807) is 18.4 Å². The van der Waals surface area contributed by atoms with Gasteiger partial charge in [0.05, 0.1) is 11.8 Å². The second kappa shape index (κ2) is 8.03. The van der Waals surface area contributed by atoms with Crippen molar-refractivity contribution in [2.75, 3.05) is 33.3 Å². The number of hydrogen-bond donors (Lipinski definition) is 1. The zero-order valence-electron chi connectivity index (χ0n) is 14.3. The van der Waals surface area contributed by atoms with Gasteiger partial charge < -0.3 is 9.84 Å². The highest BCUT2D eigenvalue weighted by Crippen LogP contribution is 2.25. The molecule has 1 aliphatic heterocycles. The molecule has 6 heteroatoms. The van der Waals surface area contributed by atoms with E-state index in [0.717, 1.165) is 56.3 Å². The molecule has 1 aliphatic carbocycles. The Hall–Kier alpha value is -0.530. The molecule has 5 nitrogen and oxygen atoms in total. The topological polar surface area (TPSA) is 48.8 Å². The lowest BCUT2D eigenvalue weighted by Crippen LogP contribution is -2.54. The van der Waals surface area contributed by atoms with E-state index < -0.39 is 0 Å². The minimum Gasteiger partial charge on any atom is -0.391 e. The minimum atomic E-state index is -0.119. The first-order valence-electron chi connectivity index (χ1n) is 8.79. The summed E-state index contributed by atoms with van der Waals surface area (Å²) in [4.78, 5) is 9.67. The first-order valence-corrected chi connectivity index (χ1v) is 9.67. The maximum absolute atomic E-state index is 10.2. The Labute approximate surface area is 143 Å². The molecule has 0 spiro atoms. The predicted molar refractivity (Wildman–Crippen MR) is 92.7 cm³/mol. The van der Waals surface area contributed by atoms with Gasteiger partial charge in [0.15, 0.2) is 0 Å². The van der Waals surface area contributed by atoms with Crippen LogP contribution >= 0.6 is 11.3 Å². The van der Waals surface area contributed by atoms with Crippen molar-refractivity contribution in [1.29, 1.82) is 0 Å². The van der Waals surface area contributed by atoms with E-state index in [2.05, 4.69) is 15.2 Å². The van der Waals surface area contributed by atoms with E-state index in [4.69, 9.17) is 9.72 Å². The molecule has 1 saturated carbocycles. The van der Waals surface area contributed by atoms with Crippen LogP contribution in [0.2, 0.25) is 0 Å². The molecule has 3 rings (SSSR count). The number of nitrogens with zero attached hydrogens (tertiary/aromatic N) is 3. The van der Waals surface area contributed by atoms with Crippen molar-refractivity contribution >= 4 is 11.3 Å². The van der Waals surface area contributed by atoms with Crippen molar-refractivity contribution in [3.05, 3.63) is 16.1 Å². The summed E-state index contributed by atoms with van der Waals surface area (Å²) in [6, 6.07) is 0.388. The number of aliphatic hydroxyl groups is 1. The minimum absolute atomic E-state index is 0.0818. The number of thiazole rings is 1. The van der Waals surface area contributed by atoms with Gasteiger partial charge in [-0.15, -0.1) is 11.3 Å². The molecule has 130 valence electrons. The lowest BCUT2D eigenvalue weighted by molar-refractivity contribution is -0.00488. The Balaban J connectivity index is 1.48. The molecule has 2 fully saturated rings. The highest BCUT2D eigenvalue weighted by molar-refractivity contribution is 7.09. The van der Waals surface area contributed by atoms with Crippen LogP contribution in [0, 0.1) is 0 Å². The number of aromatic nitrogens is 1. The Morgan fingerprint density at radius 2 is 2.04 bits per heavy atom. The van der Waals surface area contributed by atoms with Gasteiger partial charge in [-0.25, -0.2) is 4.98 Å².